The maximum absolute atomic E-state index is 6.42. The molecule has 27 heavy (non-hydrogen) atoms. The molecule has 4 nitrogen and oxygen atoms in total. The summed E-state index contributed by atoms with van der Waals surface area (Å²) in [5.74, 6) is 0. The van der Waals surface area contributed by atoms with Crippen molar-refractivity contribution in [1.29, 1.82) is 0 Å². The molecule has 0 amide bonds. The van der Waals surface area contributed by atoms with E-state index < -0.39 is 0 Å². The monoisotopic (exact) mass is 442 g/mol. The topological polar surface area (TPSA) is 32.6 Å². The lowest BCUT2D eigenvalue weighted by molar-refractivity contribution is 0.281. The van der Waals surface area contributed by atoms with Crippen molar-refractivity contribution in [2.45, 2.75) is 13.0 Å². The number of halogens is 4. The Morgan fingerprint density at radius 2 is 1.81 bits per heavy atom. The summed E-state index contributed by atoms with van der Waals surface area (Å²) in [6, 6.07) is 7.27. The summed E-state index contributed by atoms with van der Waals surface area (Å²) in [5.41, 5.74) is 3.47. The molecule has 0 bridgehead atoms. The van der Waals surface area contributed by atoms with Crippen LogP contribution >= 0.6 is 46.4 Å². The van der Waals surface area contributed by atoms with Crippen LogP contribution in [0.25, 0.3) is 16.9 Å². The Morgan fingerprint density at radius 3 is 2.63 bits per heavy atom. The predicted octanol–water partition coefficient (Wildman–Crippen LogP) is 5.41. The molecule has 0 atom stereocenters. The number of rotatable bonds is 3. The van der Waals surface area contributed by atoms with Crippen LogP contribution in [0, 0.1) is 0 Å². The van der Waals surface area contributed by atoms with Crippen molar-refractivity contribution in [3.63, 3.8) is 0 Å². The number of fused-ring (bicyclic) bond motifs is 1. The molecule has 1 saturated heterocycles. The molecule has 1 aromatic carbocycles. The van der Waals surface area contributed by atoms with Gasteiger partial charge in [-0.2, -0.15) is 0 Å². The smallest absolute Gasteiger partial charge is 0.156 e. The molecule has 2 aromatic heterocycles. The van der Waals surface area contributed by atoms with Crippen LogP contribution < -0.4 is 5.32 Å². The van der Waals surface area contributed by atoms with Gasteiger partial charge in [0.05, 0.1) is 31.5 Å². The summed E-state index contributed by atoms with van der Waals surface area (Å²) in [4.78, 5) is 7.23. The van der Waals surface area contributed by atoms with Crippen molar-refractivity contribution in [3.8, 4) is 11.3 Å². The molecule has 0 saturated carbocycles. The quantitative estimate of drug-likeness (QED) is 0.587. The van der Waals surface area contributed by atoms with Crippen molar-refractivity contribution in [2.24, 2.45) is 0 Å². The summed E-state index contributed by atoms with van der Waals surface area (Å²) >= 11 is 25.0. The molecule has 3 heterocycles. The van der Waals surface area contributed by atoms with Crippen LogP contribution in [0.2, 0.25) is 20.1 Å². The van der Waals surface area contributed by atoms with Gasteiger partial charge in [-0.15, -0.1) is 0 Å². The van der Waals surface area contributed by atoms with Gasteiger partial charge in [0, 0.05) is 31.4 Å². The number of imidazole rings is 1. The maximum atomic E-state index is 6.42. The van der Waals surface area contributed by atoms with E-state index in [1.54, 1.807) is 12.1 Å². The fraction of sp³-hybridized carbons (Fsp3) is 0.316. The first-order valence-corrected chi connectivity index (χ1v) is 10.3. The van der Waals surface area contributed by atoms with E-state index in [1.807, 2.05) is 22.7 Å². The van der Waals surface area contributed by atoms with Gasteiger partial charge in [-0.3, -0.25) is 9.30 Å². The fourth-order valence-electron chi connectivity index (χ4n) is 3.42. The van der Waals surface area contributed by atoms with E-state index >= 15 is 0 Å². The fourth-order valence-corrected chi connectivity index (χ4v) is 4.23. The number of hydrogen-bond acceptors (Lipinski definition) is 3. The number of benzene rings is 1. The van der Waals surface area contributed by atoms with Gasteiger partial charge in [-0.25, -0.2) is 4.98 Å². The maximum Gasteiger partial charge on any atom is 0.156 e. The van der Waals surface area contributed by atoms with E-state index in [0.717, 1.165) is 56.1 Å². The average Bonchev–Trinajstić information content (AvgIpc) is 2.80. The zero-order valence-electron chi connectivity index (χ0n) is 14.5. The molecule has 1 aliphatic heterocycles. The van der Waals surface area contributed by atoms with Gasteiger partial charge < -0.3 is 5.32 Å². The normalized spacial score (nSPS) is 16.0. The molecule has 4 rings (SSSR count). The first-order valence-electron chi connectivity index (χ1n) is 8.77. The van der Waals surface area contributed by atoms with Crippen molar-refractivity contribution in [2.75, 3.05) is 26.2 Å². The van der Waals surface area contributed by atoms with Gasteiger partial charge in [-0.05, 0) is 37.7 Å². The molecular weight excluding hydrogens is 426 g/mol. The van der Waals surface area contributed by atoms with E-state index in [0.29, 0.717) is 25.7 Å². The number of nitrogens with one attached hydrogen (secondary N) is 1. The highest BCUT2D eigenvalue weighted by atomic mass is 35.5. The molecule has 1 fully saturated rings. The van der Waals surface area contributed by atoms with Crippen LogP contribution in [-0.2, 0) is 6.54 Å². The minimum absolute atomic E-state index is 0.500. The molecule has 0 radical (unpaired) electrons. The SMILES string of the molecule is Clc1cc(Cl)c2nc(-c3ccc(Cl)c(Cl)c3)c(CN3CCCNCC3)n2c1. The van der Waals surface area contributed by atoms with Crippen LogP contribution in [0.3, 0.4) is 0 Å². The molecule has 0 aliphatic carbocycles. The third-order valence-electron chi connectivity index (χ3n) is 4.74. The lowest BCUT2D eigenvalue weighted by Gasteiger charge is -2.20. The van der Waals surface area contributed by atoms with Gasteiger partial charge in [0.2, 0.25) is 0 Å². The number of pyridine rings is 1. The van der Waals surface area contributed by atoms with Gasteiger partial charge in [-0.1, -0.05) is 52.5 Å². The molecular formula is C19H18Cl4N4. The lowest BCUT2D eigenvalue weighted by Crippen LogP contribution is -2.28. The summed E-state index contributed by atoms with van der Waals surface area (Å²) in [5, 5.41) is 5.55. The molecule has 3 aromatic rings. The largest absolute Gasteiger partial charge is 0.315 e. The van der Waals surface area contributed by atoms with Crippen LogP contribution in [-0.4, -0.2) is 40.5 Å². The van der Waals surface area contributed by atoms with E-state index in [1.165, 1.54) is 0 Å². The second kappa shape index (κ2) is 8.16. The number of hydrogen-bond donors (Lipinski definition) is 1. The minimum Gasteiger partial charge on any atom is -0.315 e. The zero-order chi connectivity index (χ0) is 19.0. The Kier molecular flexibility index (Phi) is 5.83. The first-order chi connectivity index (χ1) is 13.0. The van der Waals surface area contributed by atoms with Gasteiger partial charge >= 0.3 is 0 Å². The Labute approximate surface area is 178 Å². The Bertz CT molecular complexity index is 977. The molecule has 0 spiro atoms. The van der Waals surface area contributed by atoms with E-state index in [4.69, 9.17) is 51.4 Å². The minimum atomic E-state index is 0.500. The first kappa shape index (κ1) is 19.3. The summed E-state index contributed by atoms with van der Waals surface area (Å²) in [6.45, 7) is 4.76. The van der Waals surface area contributed by atoms with Gasteiger partial charge in [0.25, 0.3) is 0 Å². The average molecular weight is 444 g/mol. The molecule has 142 valence electrons. The zero-order valence-corrected chi connectivity index (χ0v) is 17.5. The highest BCUT2D eigenvalue weighted by molar-refractivity contribution is 6.42. The van der Waals surface area contributed by atoms with Gasteiger partial charge in [0.1, 0.15) is 0 Å². The summed E-state index contributed by atoms with van der Waals surface area (Å²) in [6.07, 6.45) is 2.97. The van der Waals surface area contributed by atoms with Crippen molar-refractivity contribution in [3.05, 3.63) is 56.2 Å². The number of aromatic nitrogens is 2. The van der Waals surface area contributed by atoms with E-state index in [9.17, 15) is 0 Å². The van der Waals surface area contributed by atoms with Crippen molar-refractivity contribution >= 4 is 52.1 Å². The third-order valence-corrected chi connectivity index (χ3v) is 5.96. The predicted molar refractivity (Wildman–Crippen MR) is 113 cm³/mol. The van der Waals surface area contributed by atoms with Gasteiger partial charge in [0.15, 0.2) is 5.65 Å². The van der Waals surface area contributed by atoms with E-state index in [-0.39, 0.29) is 0 Å². The summed E-state index contributed by atoms with van der Waals surface area (Å²) in [7, 11) is 0. The Balaban J connectivity index is 1.85. The molecule has 8 heteroatoms. The molecule has 1 N–H and O–H groups in total. The van der Waals surface area contributed by atoms with Crippen LogP contribution in [0.5, 0.6) is 0 Å². The highest BCUT2D eigenvalue weighted by Crippen LogP contribution is 2.33. The second-order valence-corrected chi connectivity index (χ2v) is 8.27. The third kappa shape index (κ3) is 4.07. The Hall–Kier alpha value is -1.01. The molecule has 1 aliphatic rings. The van der Waals surface area contributed by atoms with Crippen LogP contribution in [0.1, 0.15) is 12.1 Å². The van der Waals surface area contributed by atoms with Crippen LogP contribution in [0.4, 0.5) is 0 Å². The second-order valence-electron chi connectivity index (χ2n) is 6.62. The lowest BCUT2D eigenvalue weighted by atomic mass is 10.1. The summed E-state index contributed by atoms with van der Waals surface area (Å²) < 4.78 is 1.99. The van der Waals surface area contributed by atoms with Crippen LogP contribution in [0.15, 0.2) is 30.5 Å². The Morgan fingerprint density at radius 1 is 0.963 bits per heavy atom. The van der Waals surface area contributed by atoms with Crippen molar-refractivity contribution < 1.29 is 0 Å². The standard InChI is InChI=1S/C19H18Cl4N4/c20-13-9-16(23)19-25-18(12-2-3-14(21)15(22)8-12)17(27(19)10-13)11-26-6-1-4-24-5-7-26/h2-3,8-10,24H,1,4-7,11H2. The molecule has 0 unspecified atom stereocenters. The highest BCUT2D eigenvalue weighted by Gasteiger charge is 2.20. The van der Waals surface area contributed by atoms with E-state index in [2.05, 4.69) is 10.2 Å². The van der Waals surface area contributed by atoms with Crippen molar-refractivity contribution in [1.82, 2.24) is 19.6 Å². The number of nitrogens with zero attached hydrogens (tertiary/aromatic N) is 3.